The number of nitrogens with one attached hydrogen (secondary N) is 1. The van der Waals surface area contributed by atoms with Gasteiger partial charge in [-0.25, -0.2) is 0 Å². The lowest BCUT2D eigenvalue weighted by atomic mass is 10.3. The Morgan fingerprint density at radius 3 is 3.08 bits per heavy atom. The molecule has 0 spiro atoms. The number of hydrogen-bond acceptors (Lipinski definition) is 4. The molecule has 0 saturated heterocycles. The highest BCUT2D eigenvalue weighted by Gasteiger charge is 2.09. The molecule has 70 valence electrons. The van der Waals surface area contributed by atoms with E-state index < -0.39 is 0 Å². The lowest BCUT2D eigenvalue weighted by molar-refractivity contribution is 0.536. The number of aromatic nitrogens is 3. The van der Waals surface area contributed by atoms with Gasteiger partial charge in [0.25, 0.3) is 0 Å². The molecule has 0 aliphatic carbocycles. The predicted molar refractivity (Wildman–Crippen MR) is 47.7 cm³/mol. The van der Waals surface area contributed by atoms with Crippen molar-refractivity contribution < 1.29 is 0 Å². The normalized spacial score (nSPS) is 12.4. The zero-order chi connectivity index (χ0) is 9.68. The Morgan fingerprint density at radius 2 is 2.54 bits per heavy atom. The monoisotopic (exact) mass is 179 g/mol. The van der Waals surface area contributed by atoms with Gasteiger partial charge >= 0.3 is 0 Å². The quantitative estimate of drug-likeness (QED) is 0.678. The zero-order valence-electron chi connectivity index (χ0n) is 7.86. The fraction of sp³-hybridized carbons (Fsp3) is 0.625. The van der Waals surface area contributed by atoms with Crippen molar-refractivity contribution in [3.05, 3.63) is 12.2 Å². The molecule has 1 atom stereocenters. The summed E-state index contributed by atoms with van der Waals surface area (Å²) in [5, 5.41) is 19.3. The summed E-state index contributed by atoms with van der Waals surface area (Å²) >= 11 is 0. The van der Waals surface area contributed by atoms with E-state index in [4.69, 9.17) is 5.26 Å². The molecular formula is C8H13N5. The molecule has 0 radical (unpaired) electrons. The molecular weight excluding hydrogens is 166 g/mol. The van der Waals surface area contributed by atoms with Gasteiger partial charge in [0.05, 0.1) is 12.1 Å². The van der Waals surface area contributed by atoms with Gasteiger partial charge in [-0.2, -0.15) is 5.26 Å². The van der Waals surface area contributed by atoms with Crippen molar-refractivity contribution in [2.24, 2.45) is 7.05 Å². The van der Waals surface area contributed by atoms with Crippen molar-refractivity contribution >= 4 is 0 Å². The van der Waals surface area contributed by atoms with Crippen LogP contribution in [0.25, 0.3) is 0 Å². The van der Waals surface area contributed by atoms with Crippen LogP contribution in [0.4, 0.5) is 0 Å². The highest BCUT2D eigenvalue weighted by molar-refractivity contribution is 4.92. The molecule has 0 saturated carbocycles. The molecule has 0 aromatic carbocycles. The Hall–Kier alpha value is -1.41. The third kappa shape index (κ3) is 2.53. The molecule has 0 amide bonds. The smallest absolute Gasteiger partial charge is 0.149 e. The van der Waals surface area contributed by atoms with Crippen molar-refractivity contribution in [3.8, 4) is 6.07 Å². The largest absolute Gasteiger partial charge is 0.319 e. The van der Waals surface area contributed by atoms with Crippen LogP contribution in [0.2, 0.25) is 0 Å². The topological polar surface area (TPSA) is 66.5 Å². The van der Waals surface area contributed by atoms with E-state index in [1.165, 1.54) is 0 Å². The Bertz CT molecular complexity index is 298. The van der Waals surface area contributed by atoms with Crippen LogP contribution in [0.3, 0.4) is 0 Å². The minimum absolute atomic E-state index is 0.140. The van der Waals surface area contributed by atoms with Crippen LogP contribution in [0.1, 0.15) is 25.2 Å². The molecule has 1 aromatic heterocycles. The van der Waals surface area contributed by atoms with E-state index in [0.29, 0.717) is 13.0 Å². The van der Waals surface area contributed by atoms with Crippen LogP contribution in [-0.4, -0.2) is 21.3 Å². The highest BCUT2D eigenvalue weighted by atomic mass is 15.3. The summed E-state index contributed by atoms with van der Waals surface area (Å²) in [6.07, 6.45) is 2.18. The number of hydrogen-bond donors (Lipinski definition) is 1. The Kier molecular flexibility index (Phi) is 3.41. The van der Waals surface area contributed by atoms with E-state index in [1.807, 2.05) is 18.5 Å². The van der Waals surface area contributed by atoms with Gasteiger partial charge in [0.15, 0.2) is 0 Å². The van der Waals surface area contributed by atoms with E-state index in [1.54, 1.807) is 6.33 Å². The second-order valence-electron chi connectivity index (χ2n) is 2.88. The van der Waals surface area contributed by atoms with E-state index in [2.05, 4.69) is 21.6 Å². The van der Waals surface area contributed by atoms with Gasteiger partial charge in [0.1, 0.15) is 12.2 Å². The summed E-state index contributed by atoms with van der Waals surface area (Å²) < 4.78 is 1.87. The average molecular weight is 179 g/mol. The maximum absolute atomic E-state index is 8.34. The van der Waals surface area contributed by atoms with Crippen molar-refractivity contribution in [2.75, 3.05) is 6.54 Å². The summed E-state index contributed by atoms with van der Waals surface area (Å²) in [6, 6.07) is 2.22. The van der Waals surface area contributed by atoms with E-state index in [9.17, 15) is 0 Å². The molecule has 1 unspecified atom stereocenters. The number of nitrogens with zero attached hydrogens (tertiary/aromatic N) is 4. The number of nitriles is 1. The van der Waals surface area contributed by atoms with Crippen LogP contribution < -0.4 is 5.32 Å². The first-order valence-corrected chi connectivity index (χ1v) is 4.20. The zero-order valence-corrected chi connectivity index (χ0v) is 7.86. The van der Waals surface area contributed by atoms with Gasteiger partial charge in [-0.05, 0) is 6.92 Å². The van der Waals surface area contributed by atoms with Gasteiger partial charge in [-0.1, -0.05) is 0 Å². The summed E-state index contributed by atoms with van der Waals surface area (Å²) in [5.74, 6) is 0.887. The minimum atomic E-state index is 0.140. The molecule has 1 heterocycles. The van der Waals surface area contributed by atoms with Crippen molar-refractivity contribution in [1.29, 1.82) is 5.26 Å². The minimum Gasteiger partial charge on any atom is -0.319 e. The summed E-state index contributed by atoms with van der Waals surface area (Å²) in [7, 11) is 1.90. The molecule has 5 nitrogen and oxygen atoms in total. The third-order valence-electron chi connectivity index (χ3n) is 1.82. The lowest BCUT2D eigenvalue weighted by Crippen LogP contribution is -2.22. The molecule has 1 rings (SSSR count). The molecule has 0 fully saturated rings. The van der Waals surface area contributed by atoms with Crippen molar-refractivity contribution in [2.45, 2.75) is 19.4 Å². The summed E-state index contributed by atoms with van der Waals surface area (Å²) in [6.45, 7) is 2.69. The van der Waals surface area contributed by atoms with Crippen LogP contribution in [0.5, 0.6) is 0 Å². The first-order chi connectivity index (χ1) is 6.25. The van der Waals surface area contributed by atoms with Gasteiger partial charge in [-0.3, -0.25) is 0 Å². The Balaban J connectivity index is 2.45. The molecule has 5 heteroatoms. The Morgan fingerprint density at radius 1 is 1.77 bits per heavy atom. The van der Waals surface area contributed by atoms with Crippen LogP contribution in [0.15, 0.2) is 6.33 Å². The van der Waals surface area contributed by atoms with Gasteiger partial charge < -0.3 is 9.88 Å². The maximum Gasteiger partial charge on any atom is 0.149 e. The average Bonchev–Trinajstić information content (AvgIpc) is 2.52. The van der Waals surface area contributed by atoms with Crippen LogP contribution in [-0.2, 0) is 7.05 Å². The lowest BCUT2D eigenvalue weighted by Gasteiger charge is -2.10. The molecule has 1 aromatic rings. The van der Waals surface area contributed by atoms with Gasteiger partial charge in [0, 0.05) is 20.0 Å². The van der Waals surface area contributed by atoms with Gasteiger partial charge in [-0.15, -0.1) is 10.2 Å². The maximum atomic E-state index is 8.34. The molecule has 0 bridgehead atoms. The van der Waals surface area contributed by atoms with Crippen LogP contribution >= 0.6 is 0 Å². The van der Waals surface area contributed by atoms with Gasteiger partial charge in [0.2, 0.25) is 0 Å². The summed E-state index contributed by atoms with van der Waals surface area (Å²) in [5.41, 5.74) is 0. The van der Waals surface area contributed by atoms with E-state index in [0.717, 1.165) is 5.82 Å². The SMILES string of the molecule is CC(NCCC#N)c1nncn1C. The molecule has 1 N–H and O–H groups in total. The van der Waals surface area contributed by atoms with Crippen molar-refractivity contribution in [3.63, 3.8) is 0 Å². The fourth-order valence-corrected chi connectivity index (χ4v) is 1.12. The van der Waals surface area contributed by atoms with Crippen LogP contribution in [0, 0.1) is 11.3 Å². The Labute approximate surface area is 77.4 Å². The fourth-order valence-electron chi connectivity index (χ4n) is 1.12. The first kappa shape index (κ1) is 9.68. The standard InChI is InChI=1S/C8H13N5/c1-7(10-5-3-4-9)8-12-11-6-13(8)2/h6-7,10H,3,5H2,1-2H3. The first-order valence-electron chi connectivity index (χ1n) is 4.20. The predicted octanol–water partition coefficient (Wildman–Crippen LogP) is 0.379. The highest BCUT2D eigenvalue weighted by Crippen LogP contribution is 2.06. The number of rotatable bonds is 4. The second-order valence-corrected chi connectivity index (χ2v) is 2.88. The van der Waals surface area contributed by atoms with Crippen molar-refractivity contribution in [1.82, 2.24) is 20.1 Å². The number of aryl methyl sites for hydroxylation is 1. The molecule has 0 aliphatic heterocycles. The van der Waals surface area contributed by atoms with E-state index in [-0.39, 0.29) is 6.04 Å². The molecule has 0 aliphatic rings. The molecule has 13 heavy (non-hydrogen) atoms. The second kappa shape index (κ2) is 4.58. The third-order valence-corrected chi connectivity index (χ3v) is 1.82. The van der Waals surface area contributed by atoms with E-state index >= 15 is 0 Å². The summed E-state index contributed by atoms with van der Waals surface area (Å²) in [4.78, 5) is 0.